The lowest BCUT2D eigenvalue weighted by molar-refractivity contribution is 0.0599. The molecule has 6 heteroatoms. The monoisotopic (exact) mass is 364 g/mol. The summed E-state index contributed by atoms with van der Waals surface area (Å²) >= 11 is 0. The van der Waals surface area contributed by atoms with Gasteiger partial charge in [-0.1, -0.05) is 42.5 Å². The molecule has 1 aromatic heterocycles. The predicted octanol–water partition coefficient (Wildman–Crippen LogP) is 3.53. The third kappa shape index (κ3) is 4.36. The van der Waals surface area contributed by atoms with Crippen LogP contribution in [0.1, 0.15) is 38.0 Å². The summed E-state index contributed by atoms with van der Waals surface area (Å²) in [6.45, 7) is 0. The van der Waals surface area contributed by atoms with Crippen LogP contribution in [0.15, 0.2) is 72.9 Å². The van der Waals surface area contributed by atoms with Crippen molar-refractivity contribution in [1.82, 2.24) is 10.3 Å². The number of hydrogen-bond acceptors (Lipinski definition) is 4. The minimum Gasteiger partial charge on any atom is -0.465 e. The smallest absolute Gasteiger partial charge is 0.339 e. The molecule has 0 fully saturated rings. The number of ether oxygens (including phenoxy) is 1. The van der Waals surface area contributed by atoms with Gasteiger partial charge in [-0.3, -0.25) is 9.78 Å². The van der Waals surface area contributed by atoms with E-state index in [2.05, 4.69) is 15.0 Å². The van der Waals surface area contributed by atoms with E-state index in [1.54, 1.807) is 12.1 Å². The molecular weight excluding hydrogens is 347 g/mol. The summed E-state index contributed by atoms with van der Waals surface area (Å²) in [6.07, 6.45) is 1.29. The maximum atomic E-state index is 13.3. The molecule has 0 radical (unpaired) electrons. The molecule has 2 aromatic carbocycles. The van der Waals surface area contributed by atoms with Crippen LogP contribution in [0.2, 0.25) is 0 Å². The van der Waals surface area contributed by atoms with Gasteiger partial charge in [0.1, 0.15) is 11.5 Å². The summed E-state index contributed by atoms with van der Waals surface area (Å²) in [5.74, 6) is -1.29. The molecule has 0 spiro atoms. The van der Waals surface area contributed by atoms with Crippen LogP contribution in [0.4, 0.5) is 4.39 Å². The minimum atomic E-state index is -0.525. The highest BCUT2D eigenvalue weighted by Gasteiger charge is 2.19. The van der Waals surface area contributed by atoms with Gasteiger partial charge in [0, 0.05) is 6.20 Å². The molecule has 0 bridgehead atoms. The first-order valence-corrected chi connectivity index (χ1v) is 8.24. The van der Waals surface area contributed by atoms with Crippen molar-refractivity contribution in [1.29, 1.82) is 0 Å². The Bertz CT molecular complexity index is 926. The molecule has 0 saturated carbocycles. The first-order chi connectivity index (χ1) is 13.1. The molecule has 0 saturated heterocycles. The fourth-order valence-electron chi connectivity index (χ4n) is 2.63. The van der Waals surface area contributed by atoms with Crippen LogP contribution in [0.25, 0.3) is 0 Å². The third-order valence-electron chi connectivity index (χ3n) is 4.03. The van der Waals surface area contributed by atoms with Gasteiger partial charge in [0.2, 0.25) is 0 Å². The van der Waals surface area contributed by atoms with Gasteiger partial charge in [-0.2, -0.15) is 0 Å². The maximum Gasteiger partial charge on any atom is 0.339 e. The summed E-state index contributed by atoms with van der Waals surface area (Å²) in [5.41, 5.74) is 2.00. The van der Waals surface area contributed by atoms with Crippen LogP contribution in [0.3, 0.4) is 0 Å². The highest BCUT2D eigenvalue weighted by Crippen LogP contribution is 2.22. The molecule has 1 N–H and O–H groups in total. The lowest BCUT2D eigenvalue weighted by Gasteiger charge is -2.19. The van der Waals surface area contributed by atoms with E-state index in [9.17, 15) is 14.0 Å². The Morgan fingerprint density at radius 3 is 2.22 bits per heavy atom. The van der Waals surface area contributed by atoms with Crippen LogP contribution in [-0.4, -0.2) is 24.0 Å². The van der Waals surface area contributed by atoms with Crippen molar-refractivity contribution < 1.29 is 18.7 Å². The molecule has 1 unspecified atom stereocenters. The Hall–Kier alpha value is -3.54. The normalized spacial score (nSPS) is 11.5. The number of amides is 1. The van der Waals surface area contributed by atoms with Crippen molar-refractivity contribution in [2.75, 3.05) is 7.11 Å². The predicted molar refractivity (Wildman–Crippen MR) is 97.7 cm³/mol. The van der Waals surface area contributed by atoms with Crippen LogP contribution in [0.5, 0.6) is 0 Å². The second-order valence-corrected chi connectivity index (χ2v) is 5.79. The first-order valence-electron chi connectivity index (χ1n) is 8.24. The number of carbonyl (C=O) groups is 2. The molecule has 1 heterocycles. The van der Waals surface area contributed by atoms with Crippen LogP contribution in [-0.2, 0) is 4.74 Å². The molecule has 27 heavy (non-hydrogen) atoms. The standard InChI is InChI=1S/C21H17FN2O3/c1-27-21(26)16-9-12-18(23-13-16)20(25)24-19(14-5-3-2-4-6-14)15-7-10-17(22)11-8-15/h2-13,19H,1H3,(H,24,25). The molecule has 1 amide bonds. The van der Waals surface area contributed by atoms with E-state index in [1.807, 2.05) is 30.3 Å². The Morgan fingerprint density at radius 1 is 0.963 bits per heavy atom. The number of methoxy groups -OCH3 is 1. The van der Waals surface area contributed by atoms with Crippen molar-refractivity contribution in [3.05, 3.63) is 101 Å². The maximum absolute atomic E-state index is 13.3. The fraction of sp³-hybridized carbons (Fsp3) is 0.0952. The highest BCUT2D eigenvalue weighted by atomic mass is 19.1. The van der Waals surface area contributed by atoms with Crippen LogP contribution >= 0.6 is 0 Å². The number of pyridine rings is 1. The number of benzene rings is 2. The Kier molecular flexibility index (Phi) is 5.56. The van der Waals surface area contributed by atoms with Gasteiger partial charge < -0.3 is 10.1 Å². The molecule has 136 valence electrons. The zero-order valence-corrected chi connectivity index (χ0v) is 14.6. The minimum absolute atomic E-state index is 0.158. The molecule has 3 rings (SSSR count). The van der Waals surface area contributed by atoms with Crippen molar-refractivity contribution in [3.63, 3.8) is 0 Å². The average Bonchev–Trinajstić information content (AvgIpc) is 2.73. The van der Waals surface area contributed by atoms with Gasteiger partial charge in [0.05, 0.1) is 18.7 Å². The van der Waals surface area contributed by atoms with Gasteiger partial charge >= 0.3 is 5.97 Å². The molecule has 0 aliphatic carbocycles. The first kappa shape index (κ1) is 18.3. The molecule has 0 aliphatic rings. The highest BCUT2D eigenvalue weighted by molar-refractivity contribution is 5.94. The second kappa shape index (κ2) is 8.23. The topological polar surface area (TPSA) is 68.3 Å². The van der Waals surface area contributed by atoms with E-state index in [4.69, 9.17) is 0 Å². The summed E-state index contributed by atoms with van der Waals surface area (Å²) in [5, 5.41) is 2.91. The molecule has 0 aliphatic heterocycles. The number of hydrogen-bond donors (Lipinski definition) is 1. The van der Waals surface area contributed by atoms with Gasteiger partial charge in [-0.25, -0.2) is 9.18 Å². The zero-order chi connectivity index (χ0) is 19.2. The largest absolute Gasteiger partial charge is 0.465 e. The second-order valence-electron chi connectivity index (χ2n) is 5.79. The van der Waals surface area contributed by atoms with Crippen molar-refractivity contribution in [3.8, 4) is 0 Å². The summed E-state index contributed by atoms with van der Waals surface area (Å²) < 4.78 is 17.9. The van der Waals surface area contributed by atoms with E-state index < -0.39 is 17.9 Å². The van der Waals surface area contributed by atoms with E-state index in [1.165, 1.54) is 37.6 Å². The lowest BCUT2D eigenvalue weighted by atomic mass is 9.98. The summed E-state index contributed by atoms with van der Waals surface area (Å²) in [6, 6.07) is 17.8. The molecule has 5 nitrogen and oxygen atoms in total. The average molecular weight is 364 g/mol. The Morgan fingerprint density at radius 2 is 1.63 bits per heavy atom. The number of halogens is 1. The SMILES string of the molecule is COC(=O)c1ccc(C(=O)NC(c2ccccc2)c2ccc(F)cc2)nc1. The van der Waals surface area contributed by atoms with E-state index in [-0.39, 0.29) is 17.1 Å². The Labute approximate surface area is 155 Å². The number of esters is 1. The number of carbonyl (C=O) groups excluding carboxylic acids is 2. The van der Waals surface area contributed by atoms with Crippen molar-refractivity contribution in [2.45, 2.75) is 6.04 Å². The molecule has 1 atom stereocenters. The quantitative estimate of drug-likeness (QED) is 0.704. The van der Waals surface area contributed by atoms with Crippen LogP contribution in [0, 0.1) is 5.82 Å². The molecular formula is C21H17FN2O3. The van der Waals surface area contributed by atoms with Crippen molar-refractivity contribution >= 4 is 11.9 Å². The zero-order valence-electron chi connectivity index (χ0n) is 14.6. The number of rotatable bonds is 5. The number of nitrogens with zero attached hydrogens (tertiary/aromatic N) is 1. The lowest BCUT2D eigenvalue weighted by Crippen LogP contribution is -2.30. The summed E-state index contributed by atoms with van der Waals surface area (Å²) in [7, 11) is 1.27. The fourth-order valence-corrected chi connectivity index (χ4v) is 2.63. The van der Waals surface area contributed by atoms with E-state index >= 15 is 0 Å². The van der Waals surface area contributed by atoms with Gasteiger partial charge in [0.15, 0.2) is 0 Å². The third-order valence-corrected chi connectivity index (χ3v) is 4.03. The Balaban J connectivity index is 1.86. The molecule has 3 aromatic rings. The number of nitrogens with one attached hydrogen (secondary N) is 1. The number of aromatic nitrogens is 1. The van der Waals surface area contributed by atoms with Gasteiger partial charge in [0.25, 0.3) is 5.91 Å². The van der Waals surface area contributed by atoms with Gasteiger partial charge in [-0.15, -0.1) is 0 Å². The van der Waals surface area contributed by atoms with Crippen LogP contribution < -0.4 is 5.32 Å². The van der Waals surface area contributed by atoms with Gasteiger partial charge in [-0.05, 0) is 35.4 Å². The van der Waals surface area contributed by atoms with E-state index in [0.717, 1.165) is 11.1 Å². The van der Waals surface area contributed by atoms with E-state index in [0.29, 0.717) is 0 Å². The summed E-state index contributed by atoms with van der Waals surface area (Å²) in [4.78, 5) is 28.2. The van der Waals surface area contributed by atoms with Crippen molar-refractivity contribution in [2.24, 2.45) is 0 Å².